The summed E-state index contributed by atoms with van der Waals surface area (Å²) >= 11 is 0. The van der Waals surface area contributed by atoms with Crippen molar-refractivity contribution in [1.82, 2.24) is 5.32 Å². The number of hydrogen-bond donors (Lipinski definition) is 2. The van der Waals surface area contributed by atoms with Crippen LogP contribution in [-0.4, -0.2) is 36.8 Å². The summed E-state index contributed by atoms with van der Waals surface area (Å²) in [4.78, 5) is 14.9. The summed E-state index contributed by atoms with van der Waals surface area (Å²) in [6.45, 7) is 2.23. The second kappa shape index (κ2) is 11.2. The molecule has 0 spiro atoms. The zero-order chi connectivity index (χ0) is 18.8. The monoisotopic (exact) mass is 360 g/mol. The Hall–Kier alpha value is -1.55. The molecule has 0 fully saturated rings. The fraction of sp³-hybridized carbons (Fsp3) is 0.682. The molecule has 0 aliphatic carbocycles. The summed E-state index contributed by atoms with van der Waals surface area (Å²) in [6.07, 6.45) is 11.7. The van der Waals surface area contributed by atoms with E-state index in [2.05, 4.69) is 29.3 Å². The van der Waals surface area contributed by atoms with Crippen LogP contribution in [0.15, 0.2) is 24.3 Å². The van der Waals surface area contributed by atoms with Gasteiger partial charge in [0.05, 0.1) is 12.6 Å². The first-order valence-electron chi connectivity index (χ1n) is 10.4. The molecule has 0 bridgehead atoms. The number of likely N-dealkylation sites (N-methyl/N-ethyl adjacent to an activating group) is 1. The molecular formula is C22H36N2O2. The smallest absolute Gasteiger partial charge is 0.242 e. The molecule has 2 atom stereocenters. The van der Waals surface area contributed by atoms with Crippen molar-refractivity contribution in [3.8, 4) is 0 Å². The Bertz CT molecular complexity index is 547. The topological polar surface area (TPSA) is 52.6 Å². The molecule has 0 saturated carbocycles. The van der Waals surface area contributed by atoms with Gasteiger partial charge in [0.2, 0.25) is 5.91 Å². The zero-order valence-electron chi connectivity index (χ0n) is 16.5. The highest BCUT2D eigenvalue weighted by atomic mass is 16.3. The molecule has 1 amide bonds. The van der Waals surface area contributed by atoms with E-state index in [1.54, 1.807) is 0 Å². The minimum Gasteiger partial charge on any atom is -0.394 e. The molecule has 0 saturated heterocycles. The van der Waals surface area contributed by atoms with Crippen molar-refractivity contribution in [2.24, 2.45) is 0 Å². The Balaban J connectivity index is 1.91. The molecule has 1 unspecified atom stereocenters. The number of anilines is 1. The lowest BCUT2D eigenvalue weighted by Crippen LogP contribution is -2.52. The highest BCUT2D eigenvalue weighted by molar-refractivity contribution is 5.86. The lowest BCUT2D eigenvalue weighted by molar-refractivity contribution is -0.123. The van der Waals surface area contributed by atoms with E-state index in [-0.39, 0.29) is 24.6 Å². The Kier molecular flexibility index (Phi) is 8.96. The Labute approximate surface area is 159 Å². The predicted molar refractivity (Wildman–Crippen MR) is 109 cm³/mol. The largest absolute Gasteiger partial charge is 0.394 e. The van der Waals surface area contributed by atoms with Crippen LogP contribution < -0.4 is 10.2 Å². The molecule has 4 nitrogen and oxygen atoms in total. The van der Waals surface area contributed by atoms with Gasteiger partial charge in [-0.2, -0.15) is 0 Å². The van der Waals surface area contributed by atoms with E-state index in [0.29, 0.717) is 6.42 Å². The number of hydrogen-bond acceptors (Lipinski definition) is 3. The van der Waals surface area contributed by atoms with Crippen LogP contribution in [0.2, 0.25) is 0 Å². The average molecular weight is 361 g/mol. The first-order valence-corrected chi connectivity index (χ1v) is 10.4. The second-order valence-corrected chi connectivity index (χ2v) is 7.61. The third-order valence-electron chi connectivity index (χ3n) is 5.51. The van der Waals surface area contributed by atoms with E-state index in [0.717, 1.165) is 18.5 Å². The number of unbranched alkanes of at least 4 members (excludes halogenated alkanes) is 7. The highest BCUT2D eigenvalue weighted by Gasteiger charge is 2.29. The molecule has 2 rings (SSSR count). The van der Waals surface area contributed by atoms with Crippen LogP contribution in [-0.2, 0) is 11.2 Å². The van der Waals surface area contributed by atoms with Crippen molar-refractivity contribution in [3.63, 3.8) is 0 Å². The van der Waals surface area contributed by atoms with Crippen molar-refractivity contribution in [2.75, 3.05) is 18.6 Å². The number of aliphatic hydroxyl groups is 1. The lowest BCUT2D eigenvalue weighted by atomic mass is 9.97. The standard InChI is InChI=1S/C22H36N2O2/c1-3-4-5-6-7-8-9-10-15-21-22(26)23-19(17-25)16-18-13-11-12-14-20(18)24(21)2/h11-14,19,21,25H,3-10,15-17H2,1-2H3,(H,23,26)/t19-,21?/m0/s1. The van der Waals surface area contributed by atoms with Gasteiger partial charge in [0.15, 0.2) is 0 Å². The maximum absolute atomic E-state index is 12.7. The number of rotatable bonds is 10. The molecule has 1 aliphatic heterocycles. The summed E-state index contributed by atoms with van der Waals surface area (Å²) < 4.78 is 0. The maximum Gasteiger partial charge on any atom is 0.242 e. The first-order chi connectivity index (χ1) is 12.7. The summed E-state index contributed by atoms with van der Waals surface area (Å²) in [5.41, 5.74) is 2.31. The average Bonchev–Trinajstić information content (AvgIpc) is 2.65. The molecule has 0 aromatic heterocycles. The quantitative estimate of drug-likeness (QED) is 0.619. The number of carbonyl (C=O) groups excluding carboxylic acids is 1. The van der Waals surface area contributed by atoms with Gasteiger partial charge in [-0.3, -0.25) is 4.79 Å². The summed E-state index contributed by atoms with van der Waals surface area (Å²) in [5.74, 6) is 0.0454. The fourth-order valence-corrected chi connectivity index (χ4v) is 3.89. The number of nitrogens with zero attached hydrogens (tertiary/aromatic N) is 1. The van der Waals surface area contributed by atoms with Crippen molar-refractivity contribution in [1.29, 1.82) is 0 Å². The van der Waals surface area contributed by atoms with Gasteiger partial charge < -0.3 is 15.3 Å². The number of carbonyl (C=O) groups is 1. The van der Waals surface area contributed by atoms with Crippen LogP contribution in [0.4, 0.5) is 5.69 Å². The summed E-state index contributed by atoms with van der Waals surface area (Å²) in [6, 6.07) is 7.88. The molecule has 1 aromatic carbocycles. The van der Waals surface area contributed by atoms with Gasteiger partial charge in [-0.15, -0.1) is 0 Å². The SMILES string of the molecule is CCCCCCCCCCC1C(=O)N[C@H](CO)Cc2ccccc2N1C. The third-order valence-corrected chi connectivity index (χ3v) is 5.51. The van der Waals surface area contributed by atoms with E-state index >= 15 is 0 Å². The molecule has 1 aliphatic rings. The number of amides is 1. The number of nitrogens with one attached hydrogen (secondary N) is 1. The molecule has 1 aromatic rings. The molecule has 0 radical (unpaired) electrons. The number of para-hydroxylation sites is 1. The molecule has 146 valence electrons. The van der Waals surface area contributed by atoms with Crippen LogP contribution in [0.25, 0.3) is 0 Å². The van der Waals surface area contributed by atoms with E-state index in [9.17, 15) is 9.90 Å². The van der Waals surface area contributed by atoms with Gasteiger partial charge in [-0.25, -0.2) is 0 Å². The van der Waals surface area contributed by atoms with Crippen LogP contribution in [0.3, 0.4) is 0 Å². The molecule has 4 heteroatoms. The van der Waals surface area contributed by atoms with Gasteiger partial charge in [0, 0.05) is 12.7 Å². The Morgan fingerprint density at radius 2 is 1.73 bits per heavy atom. The second-order valence-electron chi connectivity index (χ2n) is 7.61. The van der Waals surface area contributed by atoms with Gasteiger partial charge in [0.1, 0.15) is 6.04 Å². The Morgan fingerprint density at radius 1 is 1.08 bits per heavy atom. The van der Waals surface area contributed by atoms with Crippen molar-refractivity contribution in [2.45, 2.75) is 83.2 Å². The van der Waals surface area contributed by atoms with E-state index < -0.39 is 0 Å². The Morgan fingerprint density at radius 3 is 2.42 bits per heavy atom. The zero-order valence-corrected chi connectivity index (χ0v) is 16.5. The minimum absolute atomic E-state index is 0.0196. The summed E-state index contributed by atoms with van der Waals surface area (Å²) in [7, 11) is 2.02. The third kappa shape index (κ3) is 6.01. The van der Waals surface area contributed by atoms with E-state index in [1.165, 1.54) is 50.5 Å². The van der Waals surface area contributed by atoms with Crippen molar-refractivity contribution in [3.05, 3.63) is 29.8 Å². The van der Waals surface area contributed by atoms with E-state index in [4.69, 9.17) is 0 Å². The maximum atomic E-state index is 12.7. The molecule has 26 heavy (non-hydrogen) atoms. The van der Waals surface area contributed by atoms with Crippen LogP contribution in [0.5, 0.6) is 0 Å². The van der Waals surface area contributed by atoms with Crippen LogP contribution in [0, 0.1) is 0 Å². The van der Waals surface area contributed by atoms with Crippen LogP contribution >= 0.6 is 0 Å². The van der Waals surface area contributed by atoms with Gasteiger partial charge in [-0.05, 0) is 24.5 Å². The minimum atomic E-state index is -0.196. The van der Waals surface area contributed by atoms with E-state index in [1.807, 2.05) is 19.2 Å². The molecular weight excluding hydrogens is 324 g/mol. The fourth-order valence-electron chi connectivity index (χ4n) is 3.89. The molecule has 1 heterocycles. The lowest BCUT2D eigenvalue weighted by Gasteiger charge is -2.35. The van der Waals surface area contributed by atoms with Gasteiger partial charge in [-0.1, -0.05) is 76.5 Å². The summed E-state index contributed by atoms with van der Waals surface area (Å²) in [5, 5.41) is 12.6. The van der Waals surface area contributed by atoms with Crippen LogP contribution in [0.1, 0.15) is 70.3 Å². The van der Waals surface area contributed by atoms with Crippen molar-refractivity contribution < 1.29 is 9.90 Å². The number of aliphatic hydroxyl groups excluding tert-OH is 1. The first kappa shape index (κ1) is 20.8. The number of fused-ring (bicyclic) bond motifs is 1. The van der Waals surface area contributed by atoms with Crippen molar-refractivity contribution >= 4 is 11.6 Å². The normalized spacial score (nSPS) is 20.3. The number of benzene rings is 1. The van der Waals surface area contributed by atoms with Gasteiger partial charge >= 0.3 is 0 Å². The molecule has 2 N–H and O–H groups in total. The highest BCUT2D eigenvalue weighted by Crippen LogP contribution is 2.26. The predicted octanol–water partition coefficient (Wildman–Crippen LogP) is 4.06. The van der Waals surface area contributed by atoms with Gasteiger partial charge in [0.25, 0.3) is 0 Å².